The van der Waals surface area contributed by atoms with Crippen LogP contribution in [0.3, 0.4) is 0 Å². The third-order valence-electron chi connectivity index (χ3n) is 5.06. The van der Waals surface area contributed by atoms with Crippen molar-refractivity contribution in [3.05, 3.63) is 84.4 Å². The molecule has 28 heavy (non-hydrogen) atoms. The molecule has 0 unspecified atom stereocenters. The number of nitrogens with zero attached hydrogens (tertiary/aromatic N) is 3. The number of carbonyl (C=O) groups excluding carboxylic acids is 1. The van der Waals surface area contributed by atoms with Crippen LogP contribution < -0.4 is 5.32 Å². The van der Waals surface area contributed by atoms with Gasteiger partial charge in [-0.25, -0.2) is 9.78 Å². The lowest BCUT2D eigenvalue weighted by Gasteiger charge is -2.34. The van der Waals surface area contributed by atoms with Gasteiger partial charge in [0.1, 0.15) is 6.10 Å². The molecular weight excluding hydrogens is 352 g/mol. The second-order valence-electron chi connectivity index (χ2n) is 6.95. The van der Waals surface area contributed by atoms with Gasteiger partial charge in [-0.2, -0.15) is 0 Å². The van der Waals surface area contributed by atoms with Gasteiger partial charge in [-0.1, -0.05) is 42.5 Å². The number of hydrogen-bond donors (Lipinski definition) is 1. The average molecular weight is 376 g/mol. The maximum Gasteiger partial charge on any atom is 0.318 e. The largest absolute Gasteiger partial charge is 0.370 e. The Bertz CT molecular complexity index is 894. The standard InChI is InChI=1S/C22H24N4O2/c1-17(18-7-9-20(10-8-18)26-12-11-23-16-26)24-22(27)25-13-14-28-21(15-25)19-5-3-2-4-6-19/h2-12,16-17,21H,13-15H2,1H3,(H,24,27)/t17-,21+/m0/s1. The first kappa shape index (κ1) is 18.3. The van der Waals surface area contributed by atoms with Gasteiger partial charge in [0.05, 0.1) is 25.5 Å². The quantitative estimate of drug-likeness (QED) is 0.755. The summed E-state index contributed by atoms with van der Waals surface area (Å²) in [6, 6.07) is 18.0. The summed E-state index contributed by atoms with van der Waals surface area (Å²) in [6.07, 6.45) is 5.34. The highest BCUT2D eigenvalue weighted by Crippen LogP contribution is 2.22. The lowest BCUT2D eigenvalue weighted by atomic mass is 10.1. The van der Waals surface area contributed by atoms with Crippen molar-refractivity contribution in [1.82, 2.24) is 19.8 Å². The number of aromatic nitrogens is 2. The maximum absolute atomic E-state index is 12.8. The molecule has 2 heterocycles. The molecule has 2 aromatic carbocycles. The van der Waals surface area contributed by atoms with Gasteiger partial charge in [-0.3, -0.25) is 0 Å². The van der Waals surface area contributed by atoms with Crippen molar-refractivity contribution in [1.29, 1.82) is 0 Å². The van der Waals surface area contributed by atoms with Crippen molar-refractivity contribution in [3.8, 4) is 5.69 Å². The Kier molecular flexibility index (Phi) is 5.39. The zero-order valence-electron chi connectivity index (χ0n) is 15.9. The molecule has 4 rings (SSSR count). The molecule has 6 heteroatoms. The highest BCUT2D eigenvalue weighted by molar-refractivity contribution is 5.75. The van der Waals surface area contributed by atoms with E-state index in [9.17, 15) is 4.79 Å². The molecule has 2 amide bonds. The minimum absolute atomic E-state index is 0.0598. The van der Waals surface area contributed by atoms with E-state index in [0.29, 0.717) is 19.7 Å². The molecule has 0 saturated carbocycles. The molecule has 144 valence electrons. The molecular formula is C22H24N4O2. The van der Waals surface area contributed by atoms with E-state index in [1.54, 1.807) is 12.5 Å². The molecule has 1 N–H and O–H groups in total. The third kappa shape index (κ3) is 4.07. The van der Waals surface area contributed by atoms with Crippen LogP contribution in [0.2, 0.25) is 0 Å². The predicted molar refractivity (Wildman–Crippen MR) is 107 cm³/mol. The SMILES string of the molecule is C[C@H](NC(=O)N1CCO[C@@H](c2ccccc2)C1)c1ccc(-n2ccnc2)cc1. The fourth-order valence-corrected chi connectivity index (χ4v) is 3.41. The van der Waals surface area contributed by atoms with Gasteiger partial charge in [0, 0.05) is 24.6 Å². The number of rotatable bonds is 4. The summed E-state index contributed by atoms with van der Waals surface area (Å²) >= 11 is 0. The van der Waals surface area contributed by atoms with E-state index in [1.807, 2.05) is 77.2 Å². The molecule has 0 aliphatic carbocycles. The van der Waals surface area contributed by atoms with Crippen molar-refractivity contribution < 1.29 is 9.53 Å². The average Bonchev–Trinajstić information content (AvgIpc) is 3.29. The van der Waals surface area contributed by atoms with Gasteiger partial charge in [-0.15, -0.1) is 0 Å². The van der Waals surface area contributed by atoms with E-state index >= 15 is 0 Å². The Morgan fingerprint density at radius 2 is 1.96 bits per heavy atom. The van der Waals surface area contributed by atoms with Crippen LogP contribution in [-0.2, 0) is 4.74 Å². The molecule has 3 aromatic rings. The molecule has 1 fully saturated rings. The van der Waals surface area contributed by atoms with Gasteiger partial charge in [0.25, 0.3) is 0 Å². The van der Waals surface area contributed by atoms with E-state index in [-0.39, 0.29) is 18.2 Å². The highest BCUT2D eigenvalue weighted by atomic mass is 16.5. The number of hydrogen-bond acceptors (Lipinski definition) is 3. The monoisotopic (exact) mass is 376 g/mol. The van der Waals surface area contributed by atoms with Crippen molar-refractivity contribution >= 4 is 6.03 Å². The van der Waals surface area contributed by atoms with Crippen molar-refractivity contribution in [2.45, 2.75) is 19.1 Å². The normalized spacial score (nSPS) is 17.9. The van der Waals surface area contributed by atoms with E-state index in [1.165, 1.54) is 0 Å². The predicted octanol–water partition coefficient (Wildman–Crippen LogP) is 3.72. The summed E-state index contributed by atoms with van der Waals surface area (Å²) in [5.41, 5.74) is 3.20. The van der Waals surface area contributed by atoms with Crippen LogP contribution in [0.5, 0.6) is 0 Å². The molecule has 6 nitrogen and oxygen atoms in total. The Balaban J connectivity index is 1.37. The van der Waals surface area contributed by atoms with Crippen LogP contribution in [0.1, 0.15) is 30.2 Å². The van der Waals surface area contributed by atoms with Gasteiger partial charge in [0.2, 0.25) is 0 Å². The van der Waals surface area contributed by atoms with Gasteiger partial charge < -0.3 is 19.5 Å². The van der Waals surface area contributed by atoms with Gasteiger partial charge >= 0.3 is 6.03 Å². The lowest BCUT2D eigenvalue weighted by molar-refractivity contribution is -0.0157. The number of benzene rings is 2. The number of nitrogens with one attached hydrogen (secondary N) is 1. The Hall–Kier alpha value is -3.12. The summed E-state index contributed by atoms with van der Waals surface area (Å²) in [5.74, 6) is 0. The lowest BCUT2D eigenvalue weighted by Crippen LogP contribution is -2.47. The fourth-order valence-electron chi connectivity index (χ4n) is 3.41. The van der Waals surface area contributed by atoms with Crippen LogP contribution in [0.15, 0.2) is 73.3 Å². The van der Waals surface area contributed by atoms with Gasteiger partial charge in [0.15, 0.2) is 0 Å². The zero-order chi connectivity index (χ0) is 19.3. The number of ether oxygens (including phenoxy) is 1. The Morgan fingerprint density at radius 1 is 1.18 bits per heavy atom. The number of carbonyl (C=O) groups is 1. The van der Waals surface area contributed by atoms with E-state index in [0.717, 1.165) is 16.8 Å². The molecule has 1 aliphatic heterocycles. The fraction of sp³-hybridized carbons (Fsp3) is 0.273. The van der Waals surface area contributed by atoms with Crippen molar-refractivity contribution in [2.24, 2.45) is 0 Å². The van der Waals surface area contributed by atoms with Crippen LogP contribution in [0, 0.1) is 0 Å². The molecule has 0 bridgehead atoms. The summed E-state index contributed by atoms with van der Waals surface area (Å²) in [4.78, 5) is 18.7. The van der Waals surface area contributed by atoms with Gasteiger partial charge in [-0.05, 0) is 30.2 Å². The molecule has 0 radical (unpaired) electrons. The minimum Gasteiger partial charge on any atom is -0.370 e. The zero-order valence-corrected chi connectivity index (χ0v) is 15.9. The maximum atomic E-state index is 12.8. The number of morpholine rings is 1. The summed E-state index contributed by atoms with van der Waals surface area (Å²) in [7, 11) is 0. The van der Waals surface area contributed by atoms with E-state index < -0.39 is 0 Å². The van der Waals surface area contributed by atoms with Crippen LogP contribution >= 0.6 is 0 Å². The first-order chi connectivity index (χ1) is 13.7. The molecule has 1 saturated heterocycles. The Labute approximate surface area is 164 Å². The van der Waals surface area contributed by atoms with Crippen LogP contribution in [0.4, 0.5) is 4.79 Å². The number of imidazole rings is 1. The molecule has 1 aliphatic rings. The summed E-state index contributed by atoms with van der Waals surface area (Å²) < 4.78 is 7.80. The van der Waals surface area contributed by atoms with E-state index in [4.69, 9.17) is 4.74 Å². The molecule has 1 aromatic heterocycles. The second-order valence-corrected chi connectivity index (χ2v) is 6.95. The first-order valence-electron chi connectivity index (χ1n) is 9.51. The number of urea groups is 1. The van der Waals surface area contributed by atoms with Crippen LogP contribution in [0.25, 0.3) is 5.69 Å². The number of amides is 2. The molecule has 2 atom stereocenters. The molecule has 0 spiro atoms. The van der Waals surface area contributed by atoms with E-state index in [2.05, 4.69) is 10.3 Å². The third-order valence-corrected chi connectivity index (χ3v) is 5.06. The summed E-state index contributed by atoms with van der Waals surface area (Å²) in [5, 5.41) is 3.10. The first-order valence-corrected chi connectivity index (χ1v) is 9.51. The highest BCUT2D eigenvalue weighted by Gasteiger charge is 2.26. The van der Waals surface area contributed by atoms with Crippen LogP contribution in [-0.4, -0.2) is 40.2 Å². The summed E-state index contributed by atoms with van der Waals surface area (Å²) in [6.45, 7) is 3.70. The Morgan fingerprint density at radius 3 is 2.68 bits per heavy atom. The second kappa shape index (κ2) is 8.27. The minimum atomic E-state index is -0.0812. The van der Waals surface area contributed by atoms with Crippen molar-refractivity contribution in [3.63, 3.8) is 0 Å². The van der Waals surface area contributed by atoms with Crippen molar-refractivity contribution in [2.75, 3.05) is 19.7 Å². The topological polar surface area (TPSA) is 59.4 Å². The smallest absolute Gasteiger partial charge is 0.318 e.